The van der Waals surface area contributed by atoms with E-state index in [1.165, 1.54) is 0 Å². The molecule has 3 nitrogen and oxygen atoms in total. The summed E-state index contributed by atoms with van der Waals surface area (Å²) in [6, 6.07) is 7.45. The lowest BCUT2D eigenvalue weighted by Crippen LogP contribution is -2.39. The van der Waals surface area contributed by atoms with Crippen LogP contribution in [0.2, 0.25) is 5.02 Å². The van der Waals surface area contributed by atoms with Crippen LogP contribution in [0.5, 0.6) is 0 Å². The van der Waals surface area contributed by atoms with E-state index in [4.69, 9.17) is 16.7 Å². The third-order valence-electron chi connectivity index (χ3n) is 3.34. The Labute approximate surface area is 126 Å². The molecule has 112 valence electrons. The van der Waals surface area contributed by atoms with Crippen molar-refractivity contribution >= 4 is 17.5 Å². The highest BCUT2D eigenvalue weighted by atomic mass is 35.5. The Balaban J connectivity index is 2.99. The van der Waals surface area contributed by atoms with E-state index in [-0.39, 0.29) is 24.3 Å². The predicted octanol–water partition coefficient (Wildman–Crippen LogP) is 3.31. The van der Waals surface area contributed by atoms with E-state index in [0.29, 0.717) is 18.1 Å². The average Bonchev–Trinajstić information content (AvgIpc) is 2.40. The van der Waals surface area contributed by atoms with Gasteiger partial charge in [-0.2, -0.15) is 0 Å². The highest BCUT2D eigenvalue weighted by Crippen LogP contribution is 2.28. The van der Waals surface area contributed by atoms with Crippen molar-refractivity contribution in [1.82, 2.24) is 4.90 Å². The minimum absolute atomic E-state index is 0.00280. The van der Waals surface area contributed by atoms with Crippen LogP contribution in [0.15, 0.2) is 24.3 Å². The molecule has 1 atom stereocenters. The first-order valence-electron chi connectivity index (χ1n) is 7.16. The summed E-state index contributed by atoms with van der Waals surface area (Å²) in [5, 5.41) is 9.80. The third kappa shape index (κ3) is 4.50. The maximum absolute atomic E-state index is 12.7. The summed E-state index contributed by atoms with van der Waals surface area (Å²) in [5.41, 5.74) is 0.980. The lowest BCUT2D eigenvalue weighted by atomic mass is 9.87. The Morgan fingerprint density at radius 2 is 1.85 bits per heavy atom. The number of benzene rings is 1. The van der Waals surface area contributed by atoms with Crippen molar-refractivity contribution in [2.45, 2.75) is 33.1 Å². The van der Waals surface area contributed by atoms with Crippen molar-refractivity contribution in [3.63, 3.8) is 0 Å². The topological polar surface area (TPSA) is 40.5 Å². The number of amides is 1. The molecule has 1 unspecified atom stereocenters. The molecule has 1 N–H and O–H groups in total. The van der Waals surface area contributed by atoms with Gasteiger partial charge in [-0.25, -0.2) is 0 Å². The molecule has 1 amide bonds. The molecule has 4 heteroatoms. The average molecular weight is 298 g/mol. The van der Waals surface area contributed by atoms with E-state index in [1.54, 1.807) is 4.90 Å². The van der Waals surface area contributed by atoms with Gasteiger partial charge in [-0.15, -0.1) is 0 Å². The first-order valence-corrected chi connectivity index (χ1v) is 7.54. The summed E-state index contributed by atoms with van der Waals surface area (Å²) in [6.45, 7) is 7.18. The van der Waals surface area contributed by atoms with Gasteiger partial charge in [0.2, 0.25) is 5.91 Å². The number of halogens is 1. The minimum Gasteiger partial charge on any atom is -0.395 e. The van der Waals surface area contributed by atoms with Crippen LogP contribution >= 0.6 is 11.6 Å². The standard InChI is InChI=1S/C16H24ClNO2/c1-4-9-18(10-11-19)16(20)15(12(2)3)13-5-7-14(17)8-6-13/h5-8,12,15,19H,4,9-11H2,1-3H3. The third-order valence-corrected chi connectivity index (χ3v) is 3.59. The van der Waals surface area contributed by atoms with Gasteiger partial charge in [0.15, 0.2) is 0 Å². The molecule has 0 saturated carbocycles. The molecule has 0 spiro atoms. The molecule has 0 bridgehead atoms. The number of rotatable bonds is 7. The Morgan fingerprint density at radius 3 is 2.30 bits per heavy atom. The van der Waals surface area contributed by atoms with Gasteiger partial charge in [-0.1, -0.05) is 44.5 Å². The molecule has 20 heavy (non-hydrogen) atoms. The fourth-order valence-corrected chi connectivity index (χ4v) is 2.53. The Morgan fingerprint density at radius 1 is 1.25 bits per heavy atom. The molecule has 1 aromatic carbocycles. The van der Waals surface area contributed by atoms with E-state index in [2.05, 4.69) is 0 Å². The minimum atomic E-state index is -0.189. The van der Waals surface area contributed by atoms with Crippen LogP contribution in [0, 0.1) is 5.92 Å². The first kappa shape index (κ1) is 17.0. The van der Waals surface area contributed by atoms with Gasteiger partial charge in [-0.3, -0.25) is 4.79 Å². The maximum atomic E-state index is 12.7. The molecule has 0 aliphatic heterocycles. The van der Waals surface area contributed by atoms with Crippen molar-refractivity contribution in [2.24, 2.45) is 5.92 Å². The fourth-order valence-electron chi connectivity index (χ4n) is 2.40. The van der Waals surface area contributed by atoms with Crippen LogP contribution in [-0.4, -0.2) is 35.6 Å². The second kappa shape index (κ2) is 8.28. The second-order valence-electron chi connectivity index (χ2n) is 5.32. The monoisotopic (exact) mass is 297 g/mol. The van der Waals surface area contributed by atoms with E-state index < -0.39 is 0 Å². The van der Waals surface area contributed by atoms with E-state index in [0.717, 1.165) is 12.0 Å². The largest absolute Gasteiger partial charge is 0.395 e. The van der Waals surface area contributed by atoms with E-state index in [1.807, 2.05) is 45.0 Å². The van der Waals surface area contributed by atoms with Crippen molar-refractivity contribution in [3.8, 4) is 0 Å². The molecule has 0 fully saturated rings. The molecule has 0 aliphatic rings. The Kier molecular flexibility index (Phi) is 7.03. The van der Waals surface area contributed by atoms with Gasteiger partial charge in [0.05, 0.1) is 12.5 Å². The number of aliphatic hydroxyl groups is 1. The van der Waals surface area contributed by atoms with Gasteiger partial charge in [0.25, 0.3) is 0 Å². The van der Waals surface area contributed by atoms with Crippen molar-refractivity contribution < 1.29 is 9.90 Å². The summed E-state index contributed by atoms with van der Waals surface area (Å²) in [4.78, 5) is 14.5. The summed E-state index contributed by atoms with van der Waals surface area (Å²) >= 11 is 5.91. The zero-order valence-electron chi connectivity index (χ0n) is 12.5. The number of hydrogen-bond acceptors (Lipinski definition) is 2. The van der Waals surface area contributed by atoms with Crippen LogP contribution < -0.4 is 0 Å². The molecule has 0 aliphatic carbocycles. The summed E-state index contributed by atoms with van der Waals surface area (Å²) in [5.74, 6) is 0.0883. The molecule has 1 rings (SSSR count). The number of aliphatic hydroxyl groups excluding tert-OH is 1. The summed E-state index contributed by atoms with van der Waals surface area (Å²) in [7, 11) is 0. The van der Waals surface area contributed by atoms with Crippen LogP contribution in [0.25, 0.3) is 0 Å². The van der Waals surface area contributed by atoms with Crippen molar-refractivity contribution in [3.05, 3.63) is 34.9 Å². The normalized spacial score (nSPS) is 12.5. The Hall–Kier alpha value is -1.06. The van der Waals surface area contributed by atoms with Crippen LogP contribution in [-0.2, 0) is 4.79 Å². The van der Waals surface area contributed by atoms with E-state index in [9.17, 15) is 4.79 Å². The number of carbonyl (C=O) groups is 1. The fraction of sp³-hybridized carbons (Fsp3) is 0.562. The van der Waals surface area contributed by atoms with Gasteiger partial charge in [0.1, 0.15) is 0 Å². The highest BCUT2D eigenvalue weighted by molar-refractivity contribution is 6.30. The van der Waals surface area contributed by atoms with E-state index >= 15 is 0 Å². The predicted molar refractivity (Wildman–Crippen MR) is 83.0 cm³/mol. The quantitative estimate of drug-likeness (QED) is 0.839. The van der Waals surface area contributed by atoms with Crippen LogP contribution in [0.4, 0.5) is 0 Å². The summed E-state index contributed by atoms with van der Waals surface area (Å²) < 4.78 is 0. The van der Waals surface area contributed by atoms with Gasteiger partial charge < -0.3 is 10.0 Å². The maximum Gasteiger partial charge on any atom is 0.230 e. The zero-order chi connectivity index (χ0) is 15.1. The molecule has 0 heterocycles. The SMILES string of the molecule is CCCN(CCO)C(=O)C(c1ccc(Cl)cc1)C(C)C. The van der Waals surface area contributed by atoms with Crippen LogP contribution in [0.1, 0.15) is 38.7 Å². The van der Waals surface area contributed by atoms with Gasteiger partial charge >= 0.3 is 0 Å². The van der Waals surface area contributed by atoms with Gasteiger partial charge in [0, 0.05) is 18.1 Å². The Bertz CT molecular complexity index is 411. The number of nitrogens with zero attached hydrogens (tertiary/aromatic N) is 1. The molecule has 0 aromatic heterocycles. The second-order valence-corrected chi connectivity index (χ2v) is 5.76. The smallest absolute Gasteiger partial charge is 0.230 e. The molecular weight excluding hydrogens is 274 g/mol. The highest BCUT2D eigenvalue weighted by Gasteiger charge is 2.28. The van der Waals surface area contributed by atoms with Crippen molar-refractivity contribution in [1.29, 1.82) is 0 Å². The van der Waals surface area contributed by atoms with Crippen LogP contribution in [0.3, 0.4) is 0 Å². The molecular formula is C16H24ClNO2. The van der Waals surface area contributed by atoms with Gasteiger partial charge in [-0.05, 0) is 30.0 Å². The first-order chi connectivity index (χ1) is 9.51. The molecule has 1 aromatic rings. The number of hydrogen-bond donors (Lipinski definition) is 1. The molecule has 0 saturated heterocycles. The number of carbonyl (C=O) groups excluding carboxylic acids is 1. The molecule has 0 radical (unpaired) electrons. The lowest BCUT2D eigenvalue weighted by Gasteiger charge is -2.29. The lowest BCUT2D eigenvalue weighted by molar-refractivity contribution is -0.134. The summed E-state index contributed by atoms with van der Waals surface area (Å²) in [6.07, 6.45) is 0.886. The van der Waals surface area contributed by atoms with Crippen molar-refractivity contribution in [2.75, 3.05) is 19.7 Å². The zero-order valence-corrected chi connectivity index (χ0v) is 13.2.